The van der Waals surface area contributed by atoms with Crippen LogP contribution in [0.2, 0.25) is 0 Å². The molecule has 4 nitrogen and oxygen atoms in total. The lowest BCUT2D eigenvalue weighted by atomic mass is 10.2. The number of carbonyl (C=O) groups is 2. The molecule has 0 aromatic carbocycles. The average molecular weight is 345 g/mol. The molecule has 0 aliphatic carbocycles. The van der Waals surface area contributed by atoms with Crippen LogP contribution >= 0.6 is 0 Å². The predicted molar refractivity (Wildman–Crippen MR) is 100 cm³/mol. The molecule has 0 spiro atoms. The van der Waals surface area contributed by atoms with Crippen molar-refractivity contribution in [2.75, 3.05) is 13.2 Å². The first-order valence-electron chi connectivity index (χ1n) is 9.93. The van der Waals surface area contributed by atoms with Crippen LogP contribution in [-0.4, -0.2) is 25.2 Å². The van der Waals surface area contributed by atoms with Gasteiger partial charge in [0, 0.05) is 12.8 Å². The van der Waals surface area contributed by atoms with Crippen molar-refractivity contribution in [2.24, 2.45) is 0 Å². The van der Waals surface area contributed by atoms with E-state index in [9.17, 15) is 9.59 Å². The molecule has 0 fully saturated rings. The van der Waals surface area contributed by atoms with Gasteiger partial charge in [0.25, 0.3) is 0 Å². The van der Waals surface area contributed by atoms with E-state index in [1.54, 1.807) is 0 Å². The Balaban J connectivity index is 0. The fourth-order valence-corrected chi connectivity index (χ4v) is 1.98. The summed E-state index contributed by atoms with van der Waals surface area (Å²) in [6, 6.07) is 0. The van der Waals surface area contributed by atoms with Crippen molar-refractivity contribution in [3.63, 3.8) is 0 Å². The molecular weight excluding hydrogens is 304 g/mol. The Kier molecular flexibility index (Phi) is 23.0. The molecule has 0 saturated carbocycles. The molecule has 0 atom stereocenters. The van der Waals surface area contributed by atoms with Gasteiger partial charge in [-0.05, 0) is 25.7 Å². The van der Waals surface area contributed by atoms with Crippen molar-refractivity contribution in [1.29, 1.82) is 0 Å². The van der Waals surface area contributed by atoms with Crippen molar-refractivity contribution in [3.8, 4) is 0 Å². The molecule has 0 heterocycles. The van der Waals surface area contributed by atoms with Gasteiger partial charge in [0.05, 0.1) is 13.2 Å². The summed E-state index contributed by atoms with van der Waals surface area (Å²) in [4.78, 5) is 21.7. The third-order valence-corrected chi connectivity index (χ3v) is 3.43. The number of unbranched alkanes of at least 4 members (excludes halogenated alkanes) is 6. The van der Waals surface area contributed by atoms with E-state index in [1.165, 1.54) is 38.5 Å². The monoisotopic (exact) mass is 344 g/mol. The second kappa shape index (κ2) is 21.9. The lowest BCUT2D eigenvalue weighted by Gasteiger charge is -2.02. The summed E-state index contributed by atoms with van der Waals surface area (Å²) >= 11 is 0. The maximum absolute atomic E-state index is 10.9. The van der Waals surface area contributed by atoms with Gasteiger partial charge in [-0.25, -0.2) is 0 Å². The summed E-state index contributed by atoms with van der Waals surface area (Å²) in [5.74, 6) is -0.0944. The standard InChI is InChI=1S/2C10H20O2/c2*1-3-5-6-7-9-12-10(11)8-4-2/h2*3-9H2,1-2H3. The predicted octanol–water partition coefficient (Wildman–Crippen LogP) is 5.82. The molecule has 24 heavy (non-hydrogen) atoms. The van der Waals surface area contributed by atoms with Crippen LogP contribution in [0.1, 0.15) is 105 Å². The van der Waals surface area contributed by atoms with Crippen LogP contribution in [0.25, 0.3) is 0 Å². The Morgan fingerprint density at radius 3 is 1.21 bits per heavy atom. The number of hydrogen-bond donors (Lipinski definition) is 0. The summed E-state index contributed by atoms with van der Waals surface area (Å²) in [6.07, 6.45) is 12.2. The van der Waals surface area contributed by atoms with Crippen molar-refractivity contribution in [1.82, 2.24) is 0 Å². The van der Waals surface area contributed by atoms with Crippen LogP contribution in [-0.2, 0) is 19.1 Å². The molecule has 0 bridgehead atoms. The zero-order valence-electron chi connectivity index (χ0n) is 16.5. The summed E-state index contributed by atoms with van der Waals surface area (Å²) in [7, 11) is 0. The van der Waals surface area contributed by atoms with Crippen LogP contribution in [0.5, 0.6) is 0 Å². The number of ether oxygens (including phenoxy) is 2. The summed E-state index contributed by atoms with van der Waals surface area (Å²) in [5.41, 5.74) is 0. The number of carbonyl (C=O) groups excluding carboxylic acids is 2. The van der Waals surface area contributed by atoms with Gasteiger partial charge in [0.1, 0.15) is 0 Å². The maximum atomic E-state index is 10.9. The molecule has 0 aliphatic rings. The lowest BCUT2D eigenvalue weighted by molar-refractivity contribution is -0.144. The molecule has 0 saturated heterocycles. The quantitative estimate of drug-likeness (QED) is 0.294. The largest absolute Gasteiger partial charge is 0.466 e. The van der Waals surface area contributed by atoms with Gasteiger partial charge in [-0.15, -0.1) is 0 Å². The van der Waals surface area contributed by atoms with Gasteiger partial charge in [0.15, 0.2) is 0 Å². The van der Waals surface area contributed by atoms with Gasteiger partial charge in [-0.2, -0.15) is 0 Å². The molecule has 0 aromatic heterocycles. The first-order chi connectivity index (χ1) is 11.6. The molecule has 144 valence electrons. The second-order valence-corrected chi connectivity index (χ2v) is 6.06. The Morgan fingerprint density at radius 2 is 0.917 bits per heavy atom. The van der Waals surface area contributed by atoms with Gasteiger partial charge in [-0.1, -0.05) is 66.2 Å². The van der Waals surface area contributed by atoms with Crippen molar-refractivity contribution in [3.05, 3.63) is 0 Å². The highest BCUT2D eigenvalue weighted by atomic mass is 16.5. The molecule has 0 unspecified atom stereocenters. The van der Waals surface area contributed by atoms with E-state index in [2.05, 4.69) is 13.8 Å². The van der Waals surface area contributed by atoms with Crippen LogP contribution in [0.15, 0.2) is 0 Å². The summed E-state index contributed by atoms with van der Waals surface area (Å²) in [6.45, 7) is 9.53. The molecule has 0 rings (SSSR count). The highest BCUT2D eigenvalue weighted by Gasteiger charge is 1.99. The second-order valence-electron chi connectivity index (χ2n) is 6.06. The molecule has 0 amide bonds. The van der Waals surface area contributed by atoms with E-state index >= 15 is 0 Å². The third-order valence-electron chi connectivity index (χ3n) is 3.43. The van der Waals surface area contributed by atoms with E-state index < -0.39 is 0 Å². The minimum atomic E-state index is -0.0472. The number of hydrogen-bond acceptors (Lipinski definition) is 4. The first-order valence-corrected chi connectivity index (χ1v) is 9.93. The zero-order chi connectivity index (χ0) is 18.5. The minimum Gasteiger partial charge on any atom is -0.466 e. The van der Waals surface area contributed by atoms with Crippen molar-refractivity contribution in [2.45, 2.75) is 105 Å². The Hall–Kier alpha value is -1.06. The van der Waals surface area contributed by atoms with E-state index in [-0.39, 0.29) is 11.9 Å². The van der Waals surface area contributed by atoms with Crippen LogP contribution in [0.4, 0.5) is 0 Å². The molecule has 0 N–H and O–H groups in total. The normalized spacial score (nSPS) is 9.83. The van der Waals surface area contributed by atoms with Gasteiger partial charge < -0.3 is 9.47 Å². The lowest BCUT2D eigenvalue weighted by Crippen LogP contribution is -2.04. The molecule has 4 heteroatoms. The number of esters is 2. The average Bonchev–Trinajstić information content (AvgIpc) is 2.56. The minimum absolute atomic E-state index is 0.0472. The van der Waals surface area contributed by atoms with Crippen molar-refractivity contribution < 1.29 is 19.1 Å². The smallest absolute Gasteiger partial charge is 0.305 e. The summed E-state index contributed by atoms with van der Waals surface area (Å²) < 4.78 is 9.98. The molecule has 0 radical (unpaired) electrons. The van der Waals surface area contributed by atoms with Crippen LogP contribution < -0.4 is 0 Å². The van der Waals surface area contributed by atoms with Crippen molar-refractivity contribution >= 4 is 11.9 Å². The van der Waals surface area contributed by atoms with Gasteiger partial charge in [0.2, 0.25) is 0 Å². The highest BCUT2D eigenvalue weighted by molar-refractivity contribution is 5.69. The fourth-order valence-electron chi connectivity index (χ4n) is 1.98. The Morgan fingerprint density at radius 1 is 0.542 bits per heavy atom. The summed E-state index contributed by atoms with van der Waals surface area (Å²) in [5, 5.41) is 0. The van der Waals surface area contributed by atoms with E-state index in [0.717, 1.165) is 25.7 Å². The van der Waals surface area contributed by atoms with Crippen LogP contribution in [0, 0.1) is 0 Å². The highest BCUT2D eigenvalue weighted by Crippen LogP contribution is 2.01. The van der Waals surface area contributed by atoms with Gasteiger partial charge in [-0.3, -0.25) is 9.59 Å². The van der Waals surface area contributed by atoms with Crippen LogP contribution in [0.3, 0.4) is 0 Å². The Labute approximate surface area is 149 Å². The zero-order valence-corrected chi connectivity index (χ0v) is 16.5. The first kappa shape index (κ1) is 25.2. The van der Waals surface area contributed by atoms with E-state index in [1.807, 2.05) is 13.8 Å². The number of rotatable bonds is 14. The topological polar surface area (TPSA) is 52.6 Å². The SMILES string of the molecule is CCCCCCOC(=O)CCC.CCCCCCOC(=O)CCC. The fraction of sp³-hybridized carbons (Fsp3) is 0.900. The molecule has 0 aromatic rings. The van der Waals surface area contributed by atoms with E-state index in [4.69, 9.17) is 9.47 Å². The third kappa shape index (κ3) is 23.2. The maximum Gasteiger partial charge on any atom is 0.305 e. The molecular formula is C20H40O4. The van der Waals surface area contributed by atoms with E-state index in [0.29, 0.717) is 26.1 Å². The molecule has 0 aliphatic heterocycles. The van der Waals surface area contributed by atoms with Gasteiger partial charge >= 0.3 is 11.9 Å². The Bertz CT molecular complexity index is 249.